The van der Waals surface area contributed by atoms with E-state index >= 15 is 0 Å². The lowest BCUT2D eigenvalue weighted by Gasteiger charge is -2.21. The fourth-order valence-corrected chi connectivity index (χ4v) is 6.19. The second-order valence-corrected chi connectivity index (χ2v) is 10.7. The van der Waals surface area contributed by atoms with E-state index in [9.17, 15) is 13.2 Å². The van der Waals surface area contributed by atoms with Crippen LogP contribution in [0.1, 0.15) is 36.9 Å². The van der Waals surface area contributed by atoms with Gasteiger partial charge in [-0.25, -0.2) is 14.5 Å². The molecule has 2 heterocycles. The molecule has 0 aliphatic heterocycles. The number of sulfonamides is 1. The summed E-state index contributed by atoms with van der Waals surface area (Å²) in [5.41, 5.74) is 2.63. The zero-order chi connectivity index (χ0) is 22.1. The van der Waals surface area contributed by atoms with Gasteiger partial charge in [0.15, 0.2) is 0 Å². The minimum Gasteiger partial charge on any atom is -0.267 e. The number of nitrogens with one attached hydrogen (secondary N) is 1. The molecule has 1 aliphatic carbocycles. The van der Waals surface area contributed by atoms with Crippen LogP contribution in [0.3, 0.4) is 0 Å². The first-order valence-electron chi connectivity index (χ1n) is 10.7. The van der Waals surface area contributed by atoms with Crippen LogP contribution in [0.2, 0.25) is 0 Å². The van der Waals surface area contributed by atoms with E-state index in [1.54, 1.807) is 18.2 Å². The fraction of sp³-hybridized carbons (Fsp3) is 0.250. The van der Waals surface area contributed by atoms with Gasteiger partial charge in [-0.1, -0.05) is 43.2 Å². The average molecular weight is 466 g/mol. The SMILES string of the molecule is O=c1c(-c2nc3ccccc3s2)cc2c(n1NS(=O)(=O)c1ccccc1)CCCCCC2. The number of aromatic nitrogens is 2. The van der Waals surface area contributed by atoms with Gasteiger partial charge >= 0.3 is 0 Å². The Morgan fingerprint density at radius 3 is 2.41 bits per heavy atom. The first kappa shape index (κ1) is 20.9. The number of pyridine rings is 1. The van der Waals surface area contributed by atoms with Crippen LogP contribution in [-0.4, -0.2) is 18.1 Å². The maximum Gasteiger partial charge on any atom is 0.280 e. The molecule has 4 aromatic rings. The van der Waals surface area contributed by atoms with Gasteiger partial charge in [0.05, 0.1) is 20.7 Å². The molecule has 0 atom stereocenters. The van der Waals surface area contributed by atoms with Crippen molar-refractivity contribution in [2.75, 3.05) is 4.83 Å². The average Bonchev–Trinajstić information content (AvgIpc) is 3.21. The van der Waals surface area contributed by atoms with E-state index < -0.39 is 10.0 Å². The Labute approximate surface area is 190 Å². The molecule has 0 saturated carbocycles. The number of hydrogen-bond donors (Lipinski definition) is 1. The highest BCUT2D eigenvalue weighted by atomic mass is 32.2. The summed E-state index contributed by atoms with van der Waals surface area (Å²) in [6.45, 7) is 0. The Bertz CT molecular complexity index is 1410. The van der Waals surface area contributed by atoms with Crippen molar-refractivity contribution >= 4 is 31.6 Å². The van der Waals surface area contributed by atoms with Gasteiger partial charge in [0, 0.05) is 5.69 Å². The highest BCUT2D eigenvalue weighted by Gasteiger charge is 2.23. The second kappa shape index (κ2) is 8.52. The third-order valence-corrected chi connectivity index (χ3v) is 8.18. The molecule has 0 fully saturated rings. The minimum absolute atomic E-state index is 0.122. The van der Waals surface area contributed by atoms with Gasteiger partial charge in [-0.2, -0.15) is 8.42 Å². The molecule has 2 aromatic heterocycles. The molecular weight excluding hydrogens is 442 g/mol. The Kier molecular flexibility index (Phi) is 5.57. The number of benzene rings is 2. The standard InChI is InChI=1S/C24H23N3O3S2/c28-24-19(23-25-20-13-8-9-15-22(20)31-23)16-17-10-4-1-2-7-14-21(17)27(24)26-32(29,30)18-11-5-3-6-12-18/h3,5-6,8-9,11-13,15-16,26H,1-2,4,7,10,14H2. The van der Waals surface area contributed by atoms with Crippen LogP contribution in [0.15, 0.2) is 70.4 Å². The van der Waals surface area contributed by atoms with Crippen molar-refractivity contribution in [1.29, 1.82) is 0 Å². The number of thiazole rings is 1. The van der Waals surface area contributed by atoms with E-state index in [2.05, 4.69) is 9.82 Å². The maximum absolute atomic E-state index is 13.6. The smallest absolute Gasteiger partial charge is 0.267 e. The zero-order valence-corrected chi connectivity index (χ0v) is 19.1. The molecule has 8 heteroatoms. The van der Waals surface area contributed by atoms with Gasteiger partial charge < -0.3 is 0 Å². The van der Waals surface area contributed by atoms with Crippen molar-refractivity contribution in [3.63, 3.8) is 0 Å². The summed E-state index contributed by atoms with van der Waals surface area (Å²) >= 11 is 1.45. The van der Waals surface area contributed by atoms with Crippen LogP contribution in [0.4, 0.5) is 0 Å². The molecule has 1 N–H and O–H groups in total. The van der Waals surface area contributed by atoms with E-state index in [0.29, 0.717) is 17.0 Å². The molecule has 0 bridgehead atoms. The predicted octanol–water partition coefficient (Wildman–Crippen LogP) is 4.72. The van der Waals surface area contributed by atoms with Crippen molar-refractivity contribution in [1.82, 2.24) is 9.66 Å². The topological polar surface area (TPSA) is 81.1 Å². The van der Waals surface area contributed by atoms with Gasteiger partial charge in [-0.15, -0.1) is 11.3 Å². The third-order valence-electron chi connectivity index (χ3n) is 5.79. The molecule has 0 radical (unpaired) electrons. The summed E-state index contributed by atoms with van der Waals surface area (Å²) in [7, 11) is -3.92. The summed E-state index contributed by atoms with van der Waals surface area (Å²) in [5, 5.41) is 0.605. The fourth-order valence-electron chi connectivity index (χ4n) is 4.17. The van der Waals surface area contributed by atoms with Crippen LogP contribution in [-0.2, 0) is 22.9 Å². The molecule has 2 aromatic carbocycles. The number of hydrogen-bond acceptors (Lipinski definition) is 5. The number of nitrogens with zero attached hydrogens (tertiary/aromatic N) is 2. The van der Waals surface area contributed by atoms with Gasteiger partial charge in [0.2, 0.25) is 0 Å². The van der Waals surface area contributed by atoms with Gasteiger partial charge in [0.1, 0.15) is 5.01 Å². The lowest BCUT2D eigenvalue weighted by molar-refractivity contribution is 0.579. The van der Waals surface area contributed by atoms with E-state index in [0.717, 1.165) is 53.6 Å². The van der Waals surface area contributed by atoms with E-state index in [1.165, 1.54) is 28.1 Å². The normalized spacial score (nSPS) is 14.5. The molecule has 32 heavy (non-hydrogen) atoms. The van der Waals surface area contributed by atoms with Crippen molar-refractivity contribution in [3.8, 4) is 10.6 Å². The Morgan fingerprint density at radius 1 is 0.906 bits per heavy atom. The van der Waals surface area contributed by atoms with Gasteiger partial charge in [-0.3, -0.25) is 4.79 Å². The molecular formula is C24H23N3O3S2. The first-order chi connectivity index (χ1) is 15.5. The Balaban J connectivity index is 1.69. The molecule has 6 nitrogen and oxygen atoms in total. The Hall–Kier alpha value is -2.97. The van der Waals surface area contributed by atoms with Crippen LogP contribution >= 0.6 is 11.3 Å². The molecule has 0 unspecified atom stereocenters. The summed E-state index contributed by atoms with van der Waals surface area (Å²) in [4.78, 5) is 21.0. The number of rotatable bonds is 4. The molecule has 164 valence electrons. The van der Waals surface area contributed by atoms with Crippen molar-refractivity contribution in [2.24, 2.45) is 0 Å². The third kappa shape index (κ3) is 3.96. The zero-order valence-electron chi connectivity index (χ0n) is 17.5. The summed E-state index contributed by atoms with van der Waals surface area (Å²) in [5.74, 6) is 0. The van der Waals surface area contributed by atoms with E-state index in [-0.39, 0.29) is 10.5 Å². The van der Waals surface area contributed by atoms with Crippen LogP contribution in [0.25, 0.3) is 20.8 Å². The second-order valence-electron chi connectivity index (χ2n) is 7.98. The molecule has 0 amide bonds. The van der Waals surface area contributed by atoms with E-state index in [1.807, 2.05) is 30.3 Å². The number of para-hydroxylation sites is 1. The number of aryl methyl sites for hydroxylation is 1. The van der Waals surface area contributed by atoms with Crippen molar-refractivity contribution in [2.45, 2.75) is 43.4 Å². The molecule has 0 saturated heterocycles. The van der Waals surface area contributed by atoms with E-state index in [4.69, 9.17) is 0 Å². The lowest BCUT2D eigenvalue weighted by atomic mass is 9.96. The first-order valence-corrected chi connectivity index (χ1v) is 13.0. The largest absolute Gasteiger partial charge is 0.280 e. The molecule has 5 rings (SSSR count). The minimum atomic E-state index is -3.92. The monoisotopic (exact) mass is 465 g/mol. The van der Waals surface area contributed by atoms with Crippen LogP contribution in [0, 0.1) is 0 Å². The highest BCUT2D eigenvalue weighted by Crippen LogP contribution is 2.30. The molecule has 1 aliphatic rings. The number of fused-ring (bicyclic) bond motifs is 2. The Morgan fingerprint density at radius 2 is 1.62 bits per heavy atom. The molecule has 0 spiro atoms. The summed E-state index contributed by atoms with van der Waals surface area (Å²) < 4.78 is 28.4. The van der Waals surface area contributed by atoms with Crippen molar-refractivity contribution < 1.29 is 8.42 Å². The predicted molar refractivity (Wildman–Crippen MR) is 128 cm³/mol. The van der Waals surface area contributed by atoms with Gasteiger partial charge in [0.25, 0.3) is 15.6 Å². The van der Waals surface area contributed by atoms with Gasteiger partial charge in [-0.05, 0) is 61.6 Å². The summed E-state index contributed by atoms with van der Waals surface area (Å²) in [6, 6.07) is 17.8. The lowest BCUT2D eigenvalue weighted by Crippen LogP contribution is -2.37. The van der Waals surface area contributed by atoms with Crippen LogP contribution in [0.5, 0.6) is 0 Å². The summed E-state index contributed by atoms with van der Waals surface area (Å²) in [6.07, 6.45) is 5.59. The van der Waals surface area contributed by atoms with Crippen molar-refractivity contribution in [3.05, 3.63) is 82.3 Å². The quantitative estimate of drug-likeness (QED) is 0.473. The highest BCUT2D eigenvalue weighted by molar-refractivity contribution is 7.92. The van der Waals surface area contributed by atoms with Crippen LogP contribution < -0.4 is 10.4 Å². The maximum atomic E-state index is 13.6.